The van der Waals surface area contributed by atoms with Gasteiger partial charge in [0.25, 0.3) is 0 Å². The molecule has 2 rings (SSSR count). The molecule has 2 saturated heterocycles. The molecule has 0 saturated carbocycles. The molecule has 124 valence electrons. The van der Waals surface area contributed by atoms with Crippen molar-refractivity contribution >= 4 is 0 Å². The molecular formula is C19H38N2. The molecule has 2 aliphatic heterocycles. The molecular weight excluding hydrogens is 256 g/mol. The minimum Gasteiger partial charge on any atom is -0.303 e. The van der Waals surface area contributed by atoms with Gasteiger partial charge in [-0.05, 0) is 89.0 Å². The molecule has 2 heterocycles. The van der Waals surface area contributed by atoms with Gasteiger partial charge in [-0.25, -0.2) is 0 Å². The van der Waals surface area contributed by atoms with Crippen molar-refractivity contribution in [1.29, 1.82) is 0 Å². The highest BCUT2D eigenvalue weighted by atomic mass is 15.2. The van der Waals surface area contributed by atoms with Crippen LogP contribution in [0.4, 0.5) is 0 Å². The lowest BCUT2D eigenvalue weighted by molar-refractivity contribution is 0.0726. The highest BCUT2D eigenvalue weighted by molar-refractivity contribution is 4.83. The maximum absolute atomic E-state index is 2.82. The third-order valence-electron chi connectivity index (χ3n) is 5.55. The Morgan fingerprint density at radius 2 is 1.43 bits per heavy atom. The summed E-state index contributed by atoms with van der Waals surface area (Å²) in [4.78, 5) is 5.51. The first-order valence-corrected chi connectivity index (χ1v) is 9.51. The standard InChI is InChI=1S/C19H38N2/c1-16(2)5-10-20-11-8-19(9-12-20)21-13-6-18(7-14-21)15-17(3)4/h16-19H,5-15H2,1-4H3. The molecule has 2 nitrogen and oxygen atoms in total. The molecule has 0 unspecified atom stereocenters. The quantitative estimate of drug-likeness (QED) is 0.722. The van der Waals surface area contributed by atoms with E-state index in [1.807, 2.05) is 0 Å². The zero-order valence-corrected chi connectivity index (χ0v) is 15.0. The summed E-state index contributed by atoms with van der Waals surface area (Å²) >= 11 is 0. The van der Waals surface area contributed by atoms with Gasteiger partial charge in [-0.1, -0.05) is 27.7 Å². The van der Waals surface area contributed by atoms with Crippen molar-refractivity contribution in [1.82, 2.24) is 9.80 Å². The van der Waals surface area contributed by atoms with E-state index >= 15 is 0 Å². The van der Waals surface area contributed by atoms with Gasteiger partial charge in [0.15, 0.2) is 0 Å². The lowest BCUT2D eigenvalue weighted by atomic mass is 9.87. The van der Waals surface area contributed by atoms with E-state index in [0.717, 1.165) is 23.8 Å². The van der Waals surface area contributed by atoms with Crippen molar-refractivity contribution in [3.8, 4) is 0 Å². The monoisotopic (exact) mass is 294 g/mol. The van der Waals surface area contributed by atoms with Crippen LogP contribution in [0, 0.1) is 17.8 Å². The van der Waals surface area contributed by atoms with E-state index in [1.165, 1.54) is 71.2 Å². The van der Waals surface area contributed by atoms with Crippen molar-refractivity contribution < 1.29 is 0 Å². The van der Waals surface area contributed by atoms with Gasteiger partial charge in [0, 0.05) is 6.04 Å². The molecule has 2 aliphatic rings. The van der Waals surface area contributed by atoms with Crippen LogP contribution in [-0.4, -0.2) is 48.6 Å². The molecule has 0 atom stereocenters. The number of hydrogen-bond acceptors (Lipinski definition) is 2. The average molecular weight is 295 g/mol. The van der Waals surface area contributed by atoms with Gasteiger partial charge in [-0.3, -0.25) is 0 Å². The summed E-state index contributed by atoms with van der Waals surface area (Å²) < 4.78 is 0. The zero-order valence-electron chi connectivity index (χ0n) is 15.0. The Hall–Kier alpha value is -0.0800. The Kier molecular flexibility index (Phi) is 7.01. The van der Waals surface area contributed by atoms with Crippen LogP contribution in [0.25, 0.3) is 0 Å². The molecule has 0 N–H and O–H groups in total. The Morgan fingerprint density at radius 1 is 0.810 bits per heavy atom. The van der Waals surface area contributed by atoms with Crippen molar-refractivity contribution in [2.45, 2.75) is 72.3 Å². The normalized spacial score (nSPS) is 24.3. The SMILES string of the molecule is CC(C)CCN1CCC(N2CCC(CC(C)C)CC2)CC1. The van der Waals surface area contributed by atoms with E-state index in [0.29, 0.717) is 0 Å². The van der Waals surface area contributed by atoms with Crippen LogP contribution in [0.3, 0.4) is 0 Å². The predicted octanol–water partition coefficient (Wildman–Crippen LogP) is 4.26. The fraction of sp³-hybridized carbons (Fsp3) is 1.00. The van der Waals surface area contributed by atoms with Gasteiger partial charge >= 0.3 is 0 Å². The largest absolute Gasteiger partial charge is 0.303 e. The van der Waals surface area contributed by atoms with Crippen LogP contribution >= 0.6 is 0 Å². The maximum Gasteiger partial charge on any atom is 0.0120 e. The summed E-state index contributed by atoms with van der Waals surface area (Å²) in [5.74, 6) is 2.74. The lowest BCUT2D eigenvalue weighted by Crippen LogP contribution is -2.48. The number of rotatable bonds is 6. The third-order valence-corrected chi connectivity index (χ3v) is 5.55. The second-order valence-corrected chi connectivity index (χ2v) is 8.36. The summed E-state index contributed by atoms with van der Waals surface area (Å²) in [5, 5.41) is 0. The smallest absolute Gasteiger partial charge is 0.0120 e. The first-order valence-electron chi connectivity index (χ1n) is 9.51. The second-order valence-electron chi connectivity index (χ2n) is 8.36. The lowest BCUT2D eigenvalue weighted by Gasteiger charge is -2.42. The van der Waals surface area contributed by atoms with E-state index < -0.39 is 0 Å². The minimum atomic E-state index is 0.850. The predicted molar refractivity (Wildman–Crippen MR) is 92.7 cm³/mol. The van der Waals surface area contributed by atoms with E-state index in [2.05, 4.69) is 37.5 Å². The summed E-state index contributed by atoms with van der Waals surface area (Å²) in [6.07, 6.45) is 8.53. The van der Waals surface area contributed by atoms with Crippen LogP contribution in [0.2, 0.25) is 0 Å². The van der Waals surface area contributed by atoms with Gasteiger partial charge in [-0.15, -0.1) is 0 Å². The van der Waals surface area contributed by atoms with Crippen molar-refractivity contribution in [3.63, 3.8) is 0 Å². The van der Waals surface area contributed by atoms with E-state index in [4.69, 9.17) is 0 Å². The van der Waals surface area contributed by atoms with Gasteiger partial charge in [-0.2, -0.15) is 0 Å². The molecule has 21 heavy (non-hydrogen) atoms. The summed E-state index contributed by atoms with van der Waals surface area (Å²) in [6, 6.07) is 0.889. The average Bonchev–Trinajstić information content (AvgIpc) is 2.46. The highest BCUT2D eigenvalue weighted by Crippen LogP contribution is 2.27. The molecule has 0 bridgehead atoms. The molecule has 0 aromatic carbocycles. The van der Waals surface area contributed by atoms with Crippen molar-refractivity contribution in [2.24, 2.45) is 17.8 Å². The van der Waals surface area contributed by atoms with Crippen LogP contribution < -0.4 is 0 Å². The zero-order chi connectivity index (χ0) is 15.2. The number of hydrogen-bond donors (Lipinski definition) is 0. The third kappa shape index (κ3) is 5.90. The number of piperidine rings is 2. The Bertz CT molecular complexity index is 271. The van der Waals surface area contributed by atoms with Crippen LogP contribution in [0.15, 0.2) is 0 Å². The summed E-state index contributed by atoms with van der Waals surface area (Å²) in [7, 11) is 0. The van der Waals surface area contributed by atoms with Crippen LogP contribution in [0.5, 0.6) is 0 Å². The van der Waals surface area contributed by atoms with Crippen molar-refractivity contribution in [3.05, 3.63) is 0 Å². The van der Waals surface area contributed by atoms with Gasteiger partial charge in [0.2, 0.25) is 0 Å². The van der Waals surface area contributed by atoms with Gasteiger partial charge < -0.3 is 9.80 Å². The van der Waals surface area contributed by atoms with Gasteiger partial charge in [0.1, 0.15) is 0 Å². The van der Waals surface area contributed by atoms with Crippen LogP contribution in [-0.2, 0) is 0 Å². The molecule has 2 heteroatoms. The second kappa shape index (κ2) is 8.53. The first-order chi connectivity index (χ1) is 10.0. The Morgan fingerprint density at radius 3 is 1.95 bits per heavy atom. The summed E-state index contributed by atoms with van der Waals surface area (Å²) in [5.41, 5.74) is 0. The molecule has 2 fully saturated rings. The Labute approximate surface area is 133 Å². The number of nitrogens with zero attached hydrogens (tertiary/aromatic N) is 2. The molecule has 0 spiro atoms. The molecule has 0 amide bonds. The minimum absolute atomic E-state index is 0.850. The molecule has 0 aromatic heterocycles. The Balaban J connectivity index is 1.64. The number of likely N-dealkylation sites (tertiary alicyclic amines) is 2. The fourth-order valence-corrected chi connectivity index (χ4v) is 4.17. The molecule has 0 radical (unpaired) electrons. The first kappa shape index (κ1) is 17.3. The maximum atomic E-state index is 2.82. The van der Waals surface area contributed by atoms with E-state index in [-0.39, 0.29) is 0 Å². The van der Waals surface area contributed by atoms with E-state index in [9.17, 15) is 0 Å². The topological polar surface area (TPSA) is 6.48 Å². The molecule has 0 aromatic rings. The highest BCUT2D eigenvalue weighted by Gasteiger charge is 2.28. The van der Waals surface area contributed by atoms with Crippen LogP contribution in [0.1, 0.15) is 66.2 Å². The van der Waals surface area contributed by atoms with Gasteiger partial charge in [0.05, 0.1) is 0 Å². The van der Waals surface area contributed by atoms with Crippen molar-refractivity contribution in [2.75, 3.05) is 32.7 Å². The van der Waals surface area contributed by atoms with E-state index in [1.54, 1.807) is 0 Å². The summed E-state index contributed by atoms with van der Waals surface area (Å²) in [6.45, 7) is 16.2. The fourth-order valence-electron chi connectivity index (χ4n) is 4.17. The molecule has 0 aliphatic carbocycles.